The molecule has 0 bridgehead atoms. The SMILES string of the molecule is Cc1cc(Br)ccc1NC(=O)CCc1cnn(-c2ccccc2)c1. The molecule has 0 unspecified atom stereocenters. The molecule has 5 heteroatoms. The van der Waals surface area contributed by atoms with Crippen molar-refractivity contribution in [2.24, 2.45) is 0 Å². The number of aromatic nitrogens is 2. The molecule has 0 radical (unpaired) electrons. The van der Waals surface area contributed by atoms with Gasteiger partial charge in [-0.05, 0) is 54.8 Å². The molecule has 0 aliphatic carbocycles. The summed E-state index contributed by atoms with van der Waals surface area (Å²) < 4.78 is 2.83. The van der Waals surface area contributed by atoms with Crippen molar-refractivity contribution in [2.45, 2.75) is 19.8 Å². The molecule has 2 aromatic carbocycles. The number of carbonyl (C=O) groups is 1. The van der Waals surface area contributed by atoms with Crippen LogP contribution in [0.2, 0.25) is 0 Å². The Labute approximate surface area is 149 Å². The lowest BCUT2D eigenvalue weighted by Crippen LogP contribution is -2.13. The quantitative estimate of drug-likeness (QED) is 0.704. The highest BCUT2D eigenvalue weighted by Crippen LogP contribution is 2.20. The predicted octanol–water partition coefficient (Wildman–Crippen LogP) is 4.51. The van der Waals surface area contributed by atoms with Gasteiger partial charge in [0, 0.05) is 22.8 Å². The zero-order valence-corrected chi connectivity index (χ0v) is 15.0. The molecule has 0 saturated carbocycles. The standard InChI is InChI=1S/C19H18BrN3O/c1-14-11-16(20)8-9-18(14)22-19(24)10-7-15-12-21-23(13-15)17-5-3-2-4-6-17/h2-6,8-9,11-13H,7,10H2,1H3,(H,22,24). The van der Waals surface area contributed by atoms with Crippen LogP contribution in [-0.4, -0.2) is 15.7 Å². The number of para-hydroxylation sites is 1. The number of amides is 1. The van der Waals surface area contributed by atoms with Crippen molar-refractivity contribution in [1.29, 1.82) is 0 Å². The van der Waals surface area contributed by atoms with Gasteiger partial charge in [-0.3, -0.25) is 4.79 Å². The molecular formula is C19H18BrN3O. The molecule has 0 atom stereocenters. The van der Waals surface area contributed by atoms with Crippen molar-refractivity contribution < 1.29 is 4.79 Å². The van der Waals surface area contributed by atoms with E-state index in [1.165, 1.54) is 0 Å². The molecule has 0 aliphatic heterocycles. The fourth-order valence-electron chi connectivity index (χ4n) is 2.45. The number of hydrogen-bond donors (Lipinski definition) is 1. The van der Waals surface area contributed by atoms with Crippen molar-refractivity contribution in [3.05, 3.63) is 76.5 Å². The van der Waals surface area contributed by atoms with E-state index in [0.717, 1.165) is 27.0 Å². The summed E-state index contributed by atoms with van der Waals surface area (Å²) in [5.74, 6) is 0.00730. The normalized spacial score (nSPS) is 10.6. The molecule has 1 aromatic heterocycles. The van der Waals surface area contributed by atoms with Crippen molar-refractivity contribution in [3.8, 4) is 5.69 Å². The maximum Gasteiger partial charge on any atom is 0.224 e. The fraction of sp³-hybridized carbons (Fsp3) is 0.158. The third-order valence-electron chi connectivity index (χ3n) is 3.76. The molecule has 4 nitrogen and oxygen atoms in total. The molecule has 1 N–H and O–H groups in total. The van der Waals surface area contributed by atoms with E-state index in [1.54, 1.807) is 0 Å². The summed E-state index contributed by atoms with van der Waals surface area (Å²) in [6, 6.07) is 15.7. The highest BCUT2D eigenvalue weighted by Gasteiger charge is 2.07. The highest BCUT2D eigenvalue weighted by atomic mass is 79.9. The number of carbonyl (C=O) groups excluding carboxylic acids is 1. The first-order valence-electron chi connectivity index (χ1n) is 7.77. The van der Waals surface area contributed by atoms with E-state index in [1.807, 2.05) is 72.5 Å². The van der Waals surface area contributed by atoms with E-state index in [9.17, 15) is 4.79 Å². The van der Waals surface area contributed by atoms with Gasteiger partial charge in [-0.2, -0.15) is 5.10 Å². The van der Waals surface area contributed by atoms with Gasteiger partial charge in [0.25, 0.3) is 0 Å². The molecule has 0 saturated heterocycles. The van der Waals surface area contributed by atoms with Crippen LogP contribution < -0.4 is 5.32 Å². The zero-order valence-electron chi connectivity index (χ0n) is 13.4. The number of nitrogens with one attached hydrogen (secondary N) is 1. The summed E-state index contributed by atoms with van der Waals surface area (Å²) in [7, 11) is 0. The summed E-state index contributed by atoms with van der Waals surface area (Å²) in [4.78, 5) is 12.1. The number of benzene rings is 2. The maximum absolute atomic E-state index is 12.1. The third-order valence-corrected chi connectivity index (χ3v) is 4.25. The lowest BCUT2D eigenvalue weighted by atomic mass is 10.1. The van der Waals surface area contributed by atoms with E-state index in [0.29, 0.717) is 12.8 Å². The smallest absolute Gasteiger partial charge is 0.224 e. The molecule has 1 amide bonds. The lowest BCUT2D eigenvalue weighted by Gasteiger charge is -2.08. The number of anilines is 1. The van der Waals surface area contributed by atoms with Gasteiger partial charge >= 0.3 is 0 Å². The number of hydrogen-bond acceptors (Lipinski definition) is 2. The van der Waals surface area contributed by atoms with Gasteiger partial charge in [0.15, 0.2) is 0 Å². The minimum atomic E-state index is 0.00730. The second kappa shape index (κ2) is 7.45. The molecule has 3 aromatic rings. The zero-order chi connectivity index (χ0) is 16.9. The topological polar surface area (TPSA) is 46.9 Å². The largest absolute Gasteiger partial charge is 0.326 e. The second-order valence-corrected chi connectivity index (χ2v) is 6.55. The van der Waals surface area contributed by atoms with Gasteiger partial charge in [0.1, 0.15) is 0 Å². The first kappa shape index (κ1) is 16.5. The van der Waals surface area contributed by atoms with Gasteiger partial charge in [-0.1, -0.05) is 34.1 Å². The maximum atomic E-state index is 12.1. The third kappa shape index (κ3) is 4.11. The Kier molecular flexibility index (Phi) is 5.11. The Balaban J connectivity index is 1.58. The van der Waals surface area contributed by atoms with Gasteiger partial charge in [0.05, 0.1) is 11.9 Å². The summed E-state index contributed by atoms with van der Waals surface area (Å²) in [6.07, 6.45) is 4.86. The molecule has 3 rings (SSSR count). The highest BCUT2D eigenvalue weighted by molar-refractivity contribution is 9.10. The van der Waals surface area contributed by atoms with Gasteiger partial charge in [-0.15, -0.1) is 0 Å². The average molecular weight is 384 g/mol. The Morgan fingerprint density at radius 3 is 2.75 bits per heavy atom. The minimum absolute atomic E-state index is 0.00730. The first-order valence-corrected chi connectivity index (χ1v) is 8.56. The van der Waals surface area contributed by atoms with Crippen molar-refractivity contribution in [3.63, 3.8) is 0 Å². The Morgan fingerprint density at radius 1 is 1.21 bits per heavy atom. The van der Waals surface area contributed by atoms with E-state index >= 15 is 0 Å². The summed E-state index contributed by atoms with van der Waals surface area (Å²) >= 11 is 3.42. The Morgan fingerprint density at radius 2 is 2.00 bits per heavy atom. The lowest BCUT2D eigenvalue weighted by molar-refractivity contribution is -0.116. The second-order valence-electron chi connectivity index (χ2n) is 5.64. The van der Waals surface area contributed by atoms with E-state index in [4.69, 9.17) is 0 Å². The monoisotopic (exact) mass is 383 g/mol. The van der Waals surface area contributed by atoms with Crippen LogP contribution in [0.25, 0.3) is 5.69 Å². The van der Waals surface area contributed by atoms with E-state index in [-0.39, 0.29) is 5.91 Å². The van der Waals surface area contributed by atoms with Crippen LogP contribution in [0.15, 0.2) is 65.4 Å². The van der Waals surface area contributed by atoms with Crippen LogP contribution in [0.3, 0.4) is 0 Å². The first-order chi connectivity index (χ1) is 11.6. The summed E-state index contributed by atoms with van der Waals surface area (Å²) in [6.45, 7) is 1.98. The Bertz CT molecular complexity index is 843. The van der Waals surface area contributed by atoms with Gasteiger partial charge in [0.2, 0.25) is 5.91 Å². The number of aryl methyl sites for hydroxylation is 2. The van der Waals surface area contributed by atoms with Crippen LogP contribution in [0.5, 0.6) is 0 Å². The van der Waals surface area contributed by atoms with Gasteiger partial charge < -0.3 is 5.32 Å². The predicted molar refractivity (Wildman–Crippen MR) is 99.4 cm³/mol. The average Bonchev–Trinajstić information content (AvgIpc) is 3.05. The molecule has 0 spiro atoms. The van der Waals surface area contributed by atoms with Crippen LogP contribution in [-0.2, 0) is 11.2 Å². The molecule has 24 heavy (non-hydrogen) atoms. The minimum Gasteiger partial charge on any atom is -0.326 e. The number of halogens is 1. The van der Waals surface area contributed by atoms with Crippen LogP contribution >= 0.6 is 15.9 Å². The van der Waals surface area contributed by atoms with Gasteiger partial charge in [-0.25, -0.2) is 4.68 Å². The fourth-order valence-corrected chi connectivity index (χ4v) is 2.92. The molecule has 1 heterocycles. The van der Waals surface area contributed by atoms with Crippen LogP contribution in [0.4, 0.5) is 5.69 Å². The number of rotatable bonds is 5. The van der Waals surface area contributed by atoms with Crippen molar-refractivity contribution in [1.82, 2.24) is 9.78 Å². The van der Waals surface area contributed by atoms with Crippen LogP contribution in [0, 0.1) is 6.92 Å². The van der Waals surface area contributed by atoms with Crippen molar-refractivity contribution in [2.75, 3.05) is 5.32 Å². The molecule has 122 valence electrons. The molecule has 0 fully saturated rings. The van der Waals surface area contributed by atoms with E-state index in [2.05, 4.69) is 26.3 Å². The molecular weight excluding hydrogens is 366 g/mol. The summed E-state index contributed by atoms with van der Waals surface area (Å²) in [5.41, 5.74) is 3.94. The number of nitrogens with zero attached hydrogens (tertiary/aromatic N) is 2. The summed E-state index contributed by atoms with van der Waals surface area (Å²) in [5, 5.41) is 7.31. The van der Waals surface area contributed by atoms with E-state index < -0.39 is 0 Å². The Hall–Kier alpha value is -2.40. The van der Waals surface area contributed by atoms with Crippen molar-refractivity contribution >= 4 is 27.5 Å². The van der Waals surface area contributed by atoms with Crippen LogP contribution in [0.1, 0.15) is 17.5 Å². The molecule has 0 aliphatic rings.